The summed E-state index contributed by atoms with van der Waals surface area (Å²) in [5.74, 6) is -0.165. The van der Waals surface area contributed by atoms with Gasteiger partial charge < -0.3 is 28.4 Å². The van der Waals surface area contributed by atoms with Gasteiger partial charge in [-0.05, 0) is 6.08 Å². The summed E-state index contributed by atoms with van der Waals surface area (Å²) in [4.78, 5) is 11.5. The topological polar surface area (TPSA) is 72.5 Å². The summed E-state index contributed by atoms with van der Waals surface area (Å²) < 4.78 is 29.6. The van der Waals surface area contributed by atoms with E-state index in [9.17, 15) is 4.79 Å². The van der Waals surface area contributed by atoms with Crippen LogP contribution in [0.15, 0.2) is 23.4 Å². The minimum absolute atomic E-state index is 0.0164. The van der Waals surface area contributed by atoms with Gasteiger partial charge in [-0.1, -0.05) is 0 Å². The number of carbonyl (C=O) groups excluding carboxylic acids is 1. The number of ether oxygens (including phenoxy) is 6. The maximum atomic E-state index is 11.5. The molecule has 0 N–H and O–H groups in total. The van der Waals surface area contributed by atoms with Crippen LogP contribution in [0.5, 0.6) is 0 Å². The quantitative estimate of drug-likeness (QED) is 0.358. The van der Waals surface area contributed by atoms with E-state index in [4.69, 9.17) is 28.4 Å². The van der Waals surface area contributed by atoms with Gasteiger partial charge in [-0.25, -0.2) is 4.79 Å². The molecule has 0 saturated heterocycles. The molecule has 0 saturated carbocycles. The molecule has 1 aliphatic heterocycles. The summed E-state index contributed by atoms with van der Waals surface area (Å²) in [6.07, 6.45) is 1.55. The second kappa shape index (κ2) is 7.70. The molecule has 0 fully saturated rings. The lowest BCUT2D eigenvalue weighted by molar-refractivity contribution is -0.138. The third kappa shape index (κ3) is 3.73. The first-order valence-corrected chi connectivity index (χ1v) is 5.14. The maximum absolute atomic E-state index is 11.5. The molecule has 1 aliphatic rings. The number of methoxy groups -OCH3 is 3. The summed E-state index contributed by atoms with van der Waals surface area (Å²) >= 11 is 0. The number of carbonyl (C=O) groups is 1. The van der Waals surface area contributed by atoms with E-state index < -0.39 is 5.97 Å². The van der Waals surface area contributed by atoms with E-state index in [2.05, 4.69) is 0 Å². The molecule has 0 amide bonds. The van der Waals surface area contributed by atoms with Crippen molar-refractivity contribution >= 4 is 5.97 Å². The standard InChI is InChI=1S/C11H16O7/c1-13-6-16-5-4-8-9(15-3)10(11(12)18-8)17-7-14-2/h4H,5-7H2,1-3H3/b8-4-. The molecule has 1 heterocycles. The Hall–Kier alpha value is -1.57. The lowest BCUT2D eigenvalue weighted by Crippen LogP contribution is -2.05. The van der Waals surface area contributed by atoms with E-state index in [1.54, 1.807) is 6.08 Å². The van der Waals surface area contributed by atoms with Crippen LogP contribution in [0.1, 0.15) is 0 Å². The van der Waals surface area contributed by atoms with Crippen molar-refractivity contribution in [3.8, 4) is 0 Å². The zero-order chi connectivity index (χ0) is 13.4. The van der Waals surface area contributed by atoms with Crippen molar-refractivity contribution in [2.24, 2.45) is 0 Å². The monoisotopic (exact) mass is 260 g/mol. The minimum atomic E-state index is -0.623. The number of hydrogen-bond acceptors (Lipinski definition) is 7. The van der Waals surface area contributed by atoms with E-state index in [1.165, 1.54) is 21.3 Å². The minimum Gasteiger partial charge on any atom is -0.490 e. The Morgan fingerprint density at radius 3 is 2.44 bits per heavy atom. The maximum Gasteiger partial charge on any atom is 0.383 e. The first-order chi connectivity index (χ1) is 8.74. The Morgan fingerprint density at radius 2 is 1.83 bits per heavy atom. The molecule has 0 atom stereocenters. The average Bonchev–Trinajstić information content (AvgIpc) is 2.67. The van der Waals surface area contributed by atoms with Gasteiger partial charge in [0.1, 0.15) is 6.79 Å². The summed E-state index contributed by atoms with van der Waals surface area (Å²) in [6.45, 7) is 0.308. The summed E-state index contributed by atoms with van der Waals surface area (Å²) in [5.41, 5.74) is 0. The van der Waals surface area contributed by atoms with E-state index in [0.717, 1.165) is 0 Å². The number of rotatable bonds is 8. The van der Waals surface area contributed by atoms with Crippen LogP contribution in [0, 0.1) is 0 Å². The fourth-order valence-corrected chi connectivity index (χ4v) is 1.23. The fraction of sp³-hybridized carbons (Fsp3) is 0.545. The van der Waals surface area contributed by atoms with Crippen LogP contribution in [0.3, 0.4) is 0 Å². The highest BCUT2D eigenvalue weighted by Gasteiger charge is 2.33. The normalized spacial score (nSPS) is 17.3. The van der Waals surface area contributed by atoms with Crippen molar-refractivity contribution in [2.45, 2.75) is 0 Å². The van der Waals surface area contributed by atoms with Gasteiger partial charge in [0.25, 0.3) is 5.76 Å². The summed E-state index contributed by atoms with van der Waals surface area (Å²) in [6, 6.07) is 0. The third-order valence-corrected chi connectivity index (χ3v) is 1.93. The molecule has 7 heteroatoms. The van der Waals surface area contributed by atoms with Gasteiger partial charge in [0, 0.05) is 14.2 Å². The van der Waals surface area contributed by atoms with Crippen molar-refractivity contribution in [3.05, 3.63) is 23.4 Å². The largest absolute Gasteiger partial charge is 0.490 e. The molecule has 0 aromatic heterocycles. The Bertz CT molecular complexity index is 345. The molecule has 0 bridgehead atoms. The number of hydrogen-bond donors (Lipinski definition) is 0. The predicted octanol–water partition coefficient (Wildman–Crippen LogP) is 0.526. The molecule has 18 heavy (non-hydrogen) atoms. The SMILES string of the molecule is COCOC/C=C1\OC(=O)C(OCOC)=C1OC. The van der Waals surface area contributed by atoms with Crippen LogP contribution in [-0.4, -0.2) is 47.5 Å². The highest BCUT2D eigenvalue weighted by Crippen LogP contribution is 2.27. The average molecular weight is 260 g/mol. The smallest absolute Gasteiger partial charge is 0.383 e. The van der Waals surface area contributed by atoms with Crippen molar-refractivity contribution in [3.63, 3.8) is 0 Å². The molecule has 1 rings (SSSR count). The van der Waals surface area contributed by atoms with Crippen LogP contribution < -0.4 is 0 Å². The lowest BCUT2D eigenvalue weighted by Gasteiger charge is -2.04. The highest BCUT2D eigenvalue weighted by molar-refractivity contribution is 5.91. The Labute approximate surface area is 105 Å². The van der Waals surface area contributed by atoms with Gasteiger partial charge in [0.15, 0.2) is 12.6 Å². The van der Waals surface area contributed by atoms with Crippen molar-refractivity contribution in [1.82, 2.24) is 0 Å². The van der Waals surface area contributed by atoms with Gasteiger partial charge in [-0.3, -0.25) is 0 Å². The second-order valence-electron chi connectivity index (χ2n) is 3.15. The molecular formula is C11H16O7. The van der Waals surface area contributed by atoms with Crippen LogP contribution >= 0.6 is 0 Å². The zero-order valence-corrected chi connectivity index (χ0v) is 10.6. The molecule has 7 nitrogen and oxygen atoms in total. The van der Waals surface area contributed by atoms with Gasteiger partial charge >= 0.3 is 5.97 Å². The van der Waals surface area contributed by atoms with Crippen LogP contribution in [0.2, 0.25) is 0 Å². The van der Waals surface area contributed by atoms with Crippen LogP contribution in [-0.2, 0) is 33.2 Å². The predicted molar refractivity (Wildman–Crippen MR) is 59.0 cm³/mol. The van der Waals surface area contributed by atoms with Gasteiger partial charge in [-0.2, -0.15) is 0 Å². The molecule has 0 aromatic rings. The molecule has 0 aliphatic carbocycles. The Kier molecular flexibility index (Phi) is 6.20. The van der Waals surface area contributed by atoms with E-state index in [-0.39, 0.29) is 37.5 Å². The molecular weight excluding hydrogens is 244 g/mol. The lowest BCUT2D eigenvalue weighted by atomic mass is 10.3. The molecule has 0 unspecified atom stereocenters. The van der Waals surface area contributed by atoms with E-state index in [1.807, 2.05) is 0 Å². The van der Waals surface area contributed by atoms with Crippen LogP contribution in [0.25, 0.3) is 0 Å². The first-order valence-electron chi connectivity index (χ1n) is 5.14. The van der Waals surface area contributed by atoms with Gasteiger partial charge in [0.2, 0.25) is 5.76 Å². The van der Waals surface area contributed by atoms with Crippen molar-refractivity contribution in [2.75, 3.05) is 41.5 Å². The Morgan fingerprint density at radius 1 is 1.11 bits per heavy atom. The third-order valence-electron chi connectivity index (χ3n) is 1.93. The van der Waals surface area contributed by atoms with Gasteiger partial charge in [-0.15, -0.1) is 0 Å². The molecule has 102 valence electrons. The first kappa shape index (κ1) is 14.5. The van der Waals surface area contributed by atoms with Gasteiger partial charge in [0.05, 0.1) is 13.7 Å². The van der Waals surface area contributed by atoms with Crippen molar-refractivity contribution in [1.29, 1.82) is 0 Å². The van der Waals surface area contributed by atoms with E-state index >= 15 is 0 Å². The number of cyclic esters (lactones) is 1. The van der Waals surface area contributed by atoms with Crippen LogP contribution in [0.4, 0.5) is 0 Å². The molecule has 0 aromatic carbocycles. The molecule has 0 spiro atoms. The molecule has 0 radical (unpaired) electrons. The fourth-order valence-electron chi connectivity index (χ4n) is 1.23. The van der Waals surface area contributed by atoms with Crippen molar-refractivity contribution < 1.29 is 33.2 Å². The van der Waals surface area contributed by atoms with E-state index in [0.29, 0.717) is 0 Å². The Balaban J connectivity index is 2.69. The highest BCUT2D eigenvalue weighted by atomic mass is 16.7. The zero-order valence-electron chi connectivity index (χ0n) is 10.6. The summed E-state index contributed by atoms with van der Waals surface area (Å²) in [7, 11) is 4.37. The second-order valence-corrected chi connectivity index (χ2v) is 3.15. The summed E-state index contributed by atoms with van der Waals surface area (Å²) in [5, 5.41) is 0. The number of esters is 1.